The van der Waals surface area contributed by atoms with Crippen LogP contribution in [-0.4, -0.2) is 178 Å². The summed E-state index contributed by atoms with van der Waals surface area (Å²) in [4.78, 5) is 140. The molecule has 2 aliphatic rings. The zero-order valence-electron chi connectivity index (χ0n) is 88.4. The van der Waals surface area contributed by atoms with E-state index >= 15 is 0 Å². The van der Waals surface area contributed by atoms with Gasteiger partial charge in [-0.15, -0.1) is 26.3 Å². The van der Waals surface area contributed by atoms with Gasteiger partial charge in [0.15, 0.2) is 0 Å². The molecule has 28 heteroatoms. The molecule has 10 atom stereocenters. The molecule has 10 rings (SSSR count). The van der Waals surface area contributed by atoms with E-state index in [1.165, 1.54) is 78.1 Å². The second-order valence-corrected chi connectivity index (χ2v) is 36.5. The number of ether oxygens (including phenoxy) is 4. The molecule has 2 aliphatic heterocycles. The first-order valence-electron chi connectivity index (χ1n) is 47.8. The Labute approximate surface area is 870 Å². The third-order valence-electron chi connectivity index (χ3n) is 24.4. The molecule has 778 valence electrons. The van der Waals surface area contributed by atoms with Gasteiger partial charge in [-0.2, -0.15) is 0 Å². The Morgan fingerprint density at radius 1 is 0.490 bits per heavy atom. The second-order valence-electron chi connectivity index (χ2n) is 35.4. The number of amides is 3. The van der Waals surface area contributed by atoms with Crippen molar-refractivity contribution in [2.75, 3.05) is 81.0 Å². The Hall–Kier alpha value is -10.8. The molecule has 0 aromatic heterocycles. The predicted octanol–water partition coefficient (Wildman–Crippen LogP) is 19.0. The Balaban J connectivity index is 0.000000855. The first kappa shape index (κ1) is 130. The number of alkyl halides is 1. The van der Waals surface area contributed by atoms with Gasteiger partial charge < -0.3 is 49.8 Å². The number of aliphatic carboxylic acids is 1. The van der Waals surface area contributed by atoms with Gasteiger partial charge in [-0.05, 0) is 188 Å². The van der Waals surface area contributed by atoms with Gasteiger partial charge in [0.2, 0.25) is 17.7 Å². The van der Waals surface area contributed by atoms with Crippen LogP contribution >= 0.6 is 15.9 Å². The molecule has 0 aliphatic carbocycles. The SMILES string of the molecule is C=CCC(C(=O)OC)c1ccc(C)cc1.C=CCC(CC)(C(=O)N[C@H](C)COOC)c1ccc(C)cc1.C=CCC(CC)(C(=O)O)c1ccc(C)cc1.C=CCC(CC)(C(=O)OC)c1ccc(C)cc1.CCBr.COOCC(C)C.COOC[C@@H](C)N1C(=O)C(CC(C)=O)(c2ccc(OCc3ccccc3)cc2)CC1O.COOC[C@@H](C)N1CCC(CC(C)=O)(c2ccc(OCc3ccccc3)cc2)C1=O.[Li+].[OH-]. The molecule has 2 fully saturated rings. The number of aliphatic hydroxyl groups excluding tert-OH is 1. The molecule has 26 nitrogen and oxygen atoms in total. The summed E-state index contributed by atoms with van der Waals surface area (Å²) in [6.45, 7) is 46.5. The van der Waals surface area contributed by atoms with Crippen molar-refractivity contribution in [2.24, 2.45) is 5.92 Å². The summed E-state index contributed by atoms with van der Waals surface area (Å²) >= 11 is 3.15. The predicted molar refractivity (Wildman–Crippen MR) is 561 cm³/mol. The Kier molecular flexibility index (Phi) is 63.0. The Bertz CT molecular complexity index is 5040. The molecule has 143 heavy (non-hydrogen) atoms. The maximum absolute atomic E-state index is 13.5. The first-order valence-corrected chi connectivity index (χ1v) is 49.0. The molecular formula is C115H157BrLiN3O23. The first-order chi connectivity index (χ1) is 67.4. The van der Waals surface area contributed by atoms with E-state index in [9.17, 15) is 48.6 Å². The largest absolute Gasteiger partial charge is 1.00 e. The third-order valence-corrected chi connectivity index (χ3v) is 24.4. The monoisotopic (exact) mass is 2030 g/mol. The summed E-state index contributed by atoms with van der Waals surface area (Å²) in [7, 11) is 8.64. The number of allylic oxidation sites excluding steroid dienone is 4. The van der Waals surface area contributed by atoms with Gasteiger partial charge >= 0.3 is 36.8 Å². The number of ketones is 2. The van der Waals surface area contributed by atoms with Crippen molar-refractivity contribution in [2.45, 2.75) is 245 Å². The summed E-state index contributed by atoms with van der Waals surface area (Å²) in [6, 6.07) is 65.6. The zero-order valence-corrected chi connectivity index (χ0v) is 90.0. The average Bonchev–Trinajstić information content (AvgIpc) is 1.60. The van der Waals surface area contributed by atoms with Gasteiger partial charge in [-0.25, -0.2) is 39.1 Å². The smallest absolute Gasteiger partial charge is 0.870 e. The second kappa shape index (κ2) is 69.2. The number of methoxy groups -OCH3 is 2. The molecule has 2 heterocycles. The van der Waals surface area contributed by atoms with Crippen LogP contribution < -0.4 is 33.7 Å². The van der Waals surface area contributed by atoms with Crippen molar-refractivity contribution < 1.29 is 131 Å². The standard InChI is InChI=1S/C24H29NO6.C24H29NO5.C18H27NO3.C15H20O2.C14H18O2.C13H16O2.C5H12O2.C2H5Br.Li.H2O/c1-17(15-31-29-3)25-22(27)14-24(23(25)28,13-18(2)26)20-9-11-21(12-10-20)30-16-19-7-5-4-6-8-19;1-18(16-30-28-3)25-14-13-24(23(25)27,15-19(2)26)21-9-11-22(12-10-21)29-17-20-7-5-4-6-8-20;1-6-12-18(7-2,16-10-8-14(3)9-11-16)17(20)19-15(4)13-22-21-5;1-5-11-15(6-2,14(16)17-4)13-9-7-12(3)8-10-13;1-4-10-14(5-2,13(15)16)12-8-6-11(3)7-9-12;1-4-5-12(13(14)15-3)11-8-6-10(2)7-9-11;1-5(2)4-7-6-3;1-2-3;;/h4-12,17,22,27H,13-16H2,1-3H3;4-12,18H,13-17H2,1-3H3;6,8-11,15H,1,7,12-13H2,2-5H3,(H,19,20);5,7-10H,1,6,11H2,2-4H3;4,6-9H,1,5,10H2,2-3H3,(H,15,16);4,6-9,12H,1,5H2,2-3H3;5H,4H2,1-3H3;2H2,1H3;;1H2/q;;;;;;;;+1;/p-1/t17-,22?,24?;18-,24?;15-,18?;;;;;;;/m111......./s1. The summed E-state index contributed by atoms with van der Waals surface area (Å²) < 4.78 is 21.4. The number of halogens is 1. The molecule has 0 radical (unpaired) electrons. The summed E-state index contributed by atoms with van der Waals surface area (Å²) in [5.74, 6) is 0.0755. The summed E-state index contributed by atoms with van der Waals surface area (Å²) in [5, 5.41) is 24.2. The van der Waals surface area contributed by atoms with Gasteiger partial charge in [0.05, 0.1) is 100 Å². The minimum atomic E-state index is -1.12. The molecule has 3 amide bonds. The van der Waals surface area contributed by atoms with Crippen LogP contribution in [-0.2, 0) is 127 Å². The van der Waals surface area contributed by atoms with E-state index in [4.69, 9.17) is 33.6 Å². The molecule has 0 saturated carbocycles. The molecule has 0 bridgehead atoms. The number of Topliss-reactive ketones (excluding diaryl/α,β-unsaturated/α-hetero) is 2. The van der Waals surface area contributed by atoms with Gasteiger partial charge in [0.1, 0.15) is 62.3 Å². The molecule has 8 aromatic rings. The van der Waals surface area contributed by atoms with E-state index in [0.717, 1.165) is 55.6 Å². The number of carbonyl (C=O) groups is 8. The van der Waals surface area contributed by atoms with Crippen molar-refractivity contribution in [1.29, 1.82) is 0 Å². The van der Waals surface area contributed by atoms with Crippen molar-refractivity contribution in [3.63, 3.8) is 0 Å². The van der Waals surface area contributed by atoms with Crippen LogP contribution in [0.15, 0.2) is 257 Å². The minimum absolute atomic E-state index is 0. The van der Waals surface area contributed by atoms with Crippen molar-refractivity contribution in [1.82, 2.24) is 15.1 Å². The number of benzene rings is 8. The zero-order chi connectivity index (χ0) is 105. The van der Waals surface area contributed by atoms with Gasteiger partial charge in [0.25, 0.3) is 0 Å². The van der Waals surface area contributed by atoms with Crippen molar-refractivity contribution >= 4 is 63.1 Å². The number of esters is 2. The van der Waals surface area contributed by atoms with Crippen molar-refractivity contribution in [3.05, 3.63) is 324 Å². The van der Waals surface area contributed by atoms with Gasteiger partial charge in [-0.1, -0.05) is 286 Å². The number of nitrogens with one attached hydrogen (secondary N) is 1. The number of hydrogen-bond acceptors (Lipinski definition) is 22. The van der Waals surface area contributed by atoms with Gasteiger partial charge in [-0.3, -0.25) is 38.4 Å². The molecular weight excluding hydrogens is 1880 g/mol. The molecule has 4 N–H and O–H groups in total. The number of carbonyl (C=O) groups excluding carboxylic acids is 7. The van der Waals surface area contributed by atoms with Crippen LogP contribution in [0.5, 0.6) is 11.5 Å². The maximum Gasteiger partial charge on any atom is 1.00 e. The fraction of sp³-hybridized carbons (Fsp3) is 0.443. The van der Waals surface area contributed by atoms with Crippen LogP contribution in [0.1, 0.15) is 219 Å². The van der Waals surface area contributed by atoms with E-state index < -0.39 is 45.3 Å². The van der Waals surface area contributed by atoms with Crippen LogP contribution in [0.4, 0.5) is 0 Å². The number of rotatable bonds is 46. The number of nitrogens with zero attached hydrogens (tertiary/aromatic N) is 2. The average molecular weight is 2040 g/mol. The quantitative estimate of drug-likeness (QED) is 0.00796. The number of aliphatic hydroxyl groups is 1. The molecule has 2 saturated heterocycles. The van der Waals surface area contributed by atoms with Crippen molar-refractivity contribution in [3.8, 4) is 11.5 Å². The fourth-order valence-corrected chi connectivity index (χ4v) is 16.5. The molecule has 0 spiro atoms. The van der Waals surface area contributed by atoms with Crippen LogP contribution in [0, 0.1) is 33.6 Å². The summed E-state index contributed by atoms with van der Waals surface area (Å²) in [5.41, 5.74) is 8.20. The van der Waals surface area contributed by atoms with E-state index in [2.05, 4.69) is 85.8 Å². The normalized spacial score (nSPS) is 16.3. The van der Waals surface area contributed by atoms with Crippen LogP contribution in [0.2, 0.25) is 0 Å². The molecule has 8 aromatic carbocycles. The minimum Gasteiger partial charge on any atom is -0.870 e. The van der Waals surface area contributed by atoms with Crippen LogP contribution in [0.25, 0.3) is 0 Å². The third kappa shape index (κ3) is 40.6. The van der Waals surface area contributed by atoms with Crippen LogP contribution in [0.3, 0.4) is 0 Å². The molecule has 7 unspecified atom stereocenters. The van der Waals surface area contributed by atoms with Gasteiger partial charge in [0, 0.05) is 31.1 Å². The Morgan fingerprint density at radius 2 is 0.860 bits per heavy atom. The topological polar surface area (TPSA) is 336 Å². The fourth-order valence-electron chi connectivity index (χ4n) is 16.5. The number of likely N-dealkylation sites (tertiary alicyclic amines) is 2. The Morgan fingerprint density at radius 3 is 1.23 bits per heavy atom. The number of carboxylic acid groups (broad SMARTS) is 1. The summed E-state index contributed by atoms with van der Waals surface area (Å²) in [6.07, 6.45) is 11.1. The van der Waals surface area contributed by atoms with E-state index in [0.29, 0.717) is 102 Å². The number of aryl methyl sites for hydroxylation is 4. The maximum atomic E-state index is 13.5. The van der Waals surface area contributed by atoms with E-state index in [1.54, 1.807) is 60.4 Å². The number of carboxylic acids is 1. The van der Waals surface area contributed by atoms with E-state index in [1.807, 2.05) is 251 Å². The van der Waals surface area contributed by atoms with E-state index in [-0.39, 0.29) is 116 Å². The number of hydrogen-bond donors (Lipinski definition) is 3.